The second-order valence-corrected chi connectivity index (χ2v) is 5.52. The van der Waals surface area contributed by atoms with Crippen molar-refractivity contribution in [1.29, 1.82) is 0 Å². The lowest BCUT2D eigenvalue weighted by Crippen LogP contribution is -2.26. The molecule has 0 bridgehead atoms. The van der Waals surface area contributed by atoms with E-state index in [-0.39, 0.29) is 5.25 Å². The molecule has 0 aliphatic heterocycles. The standard InChI is InChI=1S/C9H13BrN2OS/c1-7(14(11)13)2-4-9-5-3-8(10)6-12-9/h3,5-7H,2,4,11H2,1H3. The molecule has 14 heavy (non-hydrogen) atoms. The molecule has 0 amide bonds. The van der Waals surface area contributed by atoms with Crippen molar-refractivity contribution in [2.24, 2.45) is 5.14 Å². The summed E-state index contributed by atoms with van der Waals surface area (Å²) in [6.45, 7) is 1.88. The Morgan fingerprint density at radius 2 is 2.36 bits per heavy atom. The zero-order valence-corrected chi connectivity index (χ0v) is 10.3. The molecule has 0 aliphatic rings. The van der Waals surface area contributed by atoms with Crippen LogP contribution in [0, 0.1) is 0 Å². The molecule has 1 aromatic rings. The fourth-order valence-electron chi connectivity index (χ4n) is 1.02. The van der Waals surface area contributed by atoms with Gasteiger partial charge in [0.25, 0.3) is 0 Å². The highest BCUT2D eigenvalue weighted by atomic mass is 79.9. The van der Waals surface area contributed by atoms with Crippen molar-refractivity contribution in [3.8, 4) is 0 Å². The van der Waals surface area contributed by atoms with E-state index in [4.69, 9.17) is 5.14 Å². The van der Waals surface area contributed by atoms with Crippen LogP contribution in [-0.4, -0.2) is 14.8 Å². The molecule has 0 fully saturated rings. The summed E-state index contributed by atoms with van der Waals surface area (Å²) < 4.78 is 11.8. The van der Waals surface area contributed by atoms with Crippen LogP contribution in [0.4, 0.5) is 0 Å². The predicted molar refractivity (Wildman–Crippen MR) is 62.0 cm³/mol. The van der Waals surface area contributed by atoms with Crippen molar-refractivity contribution in [1.82, 2.24) is 4.98 Å². The molecular formula is C9H13BrN2OS. The van der Waals surface area contributed by atoms with Gasteiger partial charge < -0.3 is 4.55 Å². The molecule has 1 heterocycles. The highest BCUT2D eigenvalue weighted by Crippen LogP contribution is 2.10. The van der Waals surface area contributed by atoms with Gasteiger partial charge in [0.2, 0.25) is 0 Å². The van der Waals surface area contributed by atoms with Crippen LogP contribution in [0.15, 0.2) is 22.8 Å². The average Bonchev–Trinajstić information content (AvgIpc) is 2.16. The lowest BCUT2D eigenvalue weighted by molar-refractivity contribution is 0.577. The van der Waals surface area contributed by atoms with Crippen LogP contribution in [-0.2, 0) is 17.8 Å². The summed E-state index contributed by atoms with van der Waals surface area (Å²) in [5.74, 6) is 0. The first-order valence-corrected chi connectivity index (χ1v) is 6.42. The van der Waals surface area contributed by atoms with Gasteiger partial charge in [0.05, 0.1) is 0 Å². The second kappa shape index (κ2) is 5.70. The molecule has 3 nitrogen and oxygen atoms in total. The Hall–Kier alpha value is -0.100. The Bertz CT molecular complexity index is 279. The Balaban J connectivity index is 2.42. The van der Waals surface area contributed by atoms with Gasteiger partial charge in [0, 0.05) is 34.1 Å². The van der Waals surface area contributed by atoms with Crippen molar-refractivity contribution in [3.05, 3.63) is 28.5 Å². The molecule has 0 spiro atoms. The van der Waals surface area contributed by atoms with Gasteiger partial charge in [-0.1, -0.05) is 0 Å². The summed E-state index contributed by atoms with van der Waals surface area (Å²) >= 11 is 2.09. The number of nitrogens with zero attached hydrogens (tertiary/aromatic N) is 1. The molecule has 5 heteroatoms. The average molecular weight is 277 g/mol. The van der Waals surface area contributed by atoms with Crippen LogP contribution in [0.5, 0.6) is 0 Å². The van der Waals surface area contributed by atoms with Crippen LogP contribution in [0.2, 0.25) is 0 Å². The lowest BCUT2D eigenvalue weighted by atomic mass is 10.2. The molecular weight excluding hydrogens is 264 g/mol. The Kier molecular flexibility index (Phi) is 4.88. The van der Waals surface area contributed by atoms with E-state index in [1.54, 1.807) is 6.20 Å². The van der Waals surface area contributed by atoms with Gasteiger partial charge in [-0.15, -0.1) is 0 Å². The third-order valence-electron chi connectivity index (χ3n) is 1.99. The van der Waals surface area contributed by atoms with Crippen LogP contribution in [0.3, 0.4) is 0 Å². The third kappa shape index (κ3) is 3.96. The van der Waals surface area contributed by atoms with Crippen molar-refractivity contribution in [2.45, 2.75) is 25.0 Å². The molecule has 0 saturated heterocycles. The van der Waals surface area contributed by atoms with E-state index < -0.39 is 11.4 Å². The maximum Gasteiger partial charge on any atom is 0.132 e. The van der Waals surface area contributed by atoms with Gasteiger partial charge in [0.15, 0.2) is 0 Å². The van der Waals surface area contributed by atoms with Crippen LogP contribution in [0.1, 0.15) is 19.0 Å². The number of aromatic nitrogens is 1. The van der Waals surface area contributed by atoms with E-state index in [9.17, 15) is 4.55 Å². The molecule has 0 radical (unpaired) electrons. The van der Waals surface area contributed by atoms with Gasteiger partial charge in [-0.05, 0) is 41.4 Å². The first-order chi connectivity index (χ1) is 6.59. The molecule has 0 saturated carbocycles. The zero-order valence-electron chi connectivity index (χ0n) is 7.94. The number of halogens is 1. The summed E-state index contributed by atoms with van der Waals surface area (Å²) in [4.78, 5) is 4.22. The first kappa shape index (κ1) is 12.0. The molecule has 2 N–H and O–H groups in total. The summed E-state index contributed by atoms with van der Waals surface area (Å²) in [7, 11) is 0. The maximum atomic E-state index is 10.9. The minimum Gasteiger partial charge on any atom is -0.598 e. The number of rotatable bonds is 4. The van der Waals surface area contributed by atoms with Gasteiger partial charge in [-0.25, -0.2) is 0 Å². The number of aryl methyl sites for hydroxylation is 1. The van der Waals surface area contributed by atoms with Crippen molar-refractivity contribution >= 4 is 27.3 Å². The third-order valence-corrected chi connectivity index (χ3v) is 3.49. The lowest BCUT2D eigenvalue weighted by Gasteiger charge is -2.11. The fourth-order valence-corrected chi connectivity index (χ4v) is 1.61. The maximum absolute atomic E-state index is 10.9. The fraction of sp³-hybridized carbons (Fsp3) is 0.444. The molecule has 0 aliphatic carbocycles. The molecule has 2 unspecified atom stereocenters. The van der Waals surface area contributed by atoms with Crippen molar-refractivity contribution in [3.63, 3.8) is 0 Å². The van der Waals surface area contributed by atoms with E-state index in [2.05, 4.69) is 20.9 Å². The second-order valence-electron chi connectivity index (χ2n) is 3.15. The Morgan fingerprint density at radius 3 is 2.86 bits per heavy atom. The van der Waals surface area contributed by atoms with Gasteiger partial charge in [0.1, 0.15) is 5.25 Å². The van der Waals surface area contributed by atoms with Gasteiger partial charge in [-0.3, -0.25) is 4.98 Å². The number of nitrogens with two attached hydrogens (primary N) is 1. The van der Waals surface area contributed by atoms with Crippen LogP contribution < -0.4 is 5.14 Å². The quantitative estimate of drug-likeness (QED) is 0.853. The molecule has 78 valence electrons. The van der Waals surface area contributed by atoms with E-state index >= 15 is 0 Å². The normalized spacial score (nSPS) is 15.1. The van der Waals surface area contributed by atoms with E-state index in [0.717, 1.165) is 23.0 Å². The SMILES string of the molecule is CC(CCc1ccc(Br)cn1)[S+](N)[O-]. The van der Waals surface area contributed by atoms with Gasteiger partial charge in [-0.2, -0.15) is 5.14 Å². The Morgan fingerprint density at radius 1 is 1.64 bits per heavy atom. The summed E-state index contributed by atoms with van der Waals surface area (Å²) in [6, 6.07) is 3.91. The highest BCUT2D eigenvalue weighted by Gasteiger charge is 2.12. The molecule has 0 aromatic carbocycles. The van der Waals surface area contributed by atoms with Crippen molar-refractivity contribution < 1.29 is 4.55 Å². The van der Waals surface area contributed by atoms with Gasteiger partial charge >= 0.3 is 0 Å². The monoisotopic (exact) mass is 276 g/mol. The van der Waals surface area contributed by atoms with Crippen LogP contribution in [0.25, 0.3) is 0 Å². The first-order valence-electron chi connectivity index (χ1n) is 4.35. The molecule has 2 atom stereocenters. The molecule has 1 rings (SSSR count). The number of pyridine rings is 1. The largest absolute Gasteiger partial charge is 0.598 e. The summed E-state index contributed by atoms with van der Waals surface area (Å²) in [6.07, 6.45) is 3.38. The van der Waals surface area contributed by atoms with Crippen molar-refractivity contribution in [2.75, 3.05) is 0 Å². The minimum atomic E-state index is -1.23. The topological polar surface area (TPSA) is 62.0 Å². The predicted octanol–water partition coefficient (Wildman–Crippen LogP) is 1.79. The highest BCUT2D eigenvalue weighted by molar-refractivity contribution is 9.10. The number of hydrogen-bond acceptors (Lipinski definition) is 3. The summed E-state index contributed by atoms with van der Waals surface area (Å²) in [5.41, 5.74) is 1.01. The smallest absolute Gasteiger partial charge is 0.132 e. The molecule has 1 aromatic heterocycles. The van der Waals surface area contributed by atoms with Crippen LogP contribution >= 0.6 is 15.9 Å². The summed E-state index contributed by atoms with van der Waals surface area (Å²) in [5, 5.41) is 5.30. The number of hydrogen-bond donors (Lipinski definition) is 1. The van der Waals surface area contributed by atoms with E-state index in [1.165, 1.54) is 0 Å². The minimum absolute atomic E-state index is 0.0282. The zero-order chi connectivity index (χ0) is 10.6. The Labute approximate surface area is 95.5 Å². The van der Waals surface area contributed by atoms with E-state index in [1.807, 2.05) is 19.1 Å². The van der Waals surface area contributed by atoms with E-state index in [0.29, 0.717) is 0 Å².